The van der Waals surface area contributed by atoms with E-state index in [0.29, 0.717) is 16.7 Å². The molecule has 0 saturated carbocycles. The van der Waals surface area contributed by atoms with Gasteiger partial charge in [0.1, 0.15) is 11.6 Å². The van der Waals surface area contributed by atoms with Gasteiger partial charge < -0.3 is 19.7 Å². The molecule has 2 aromatic rings. The highest BCUT2D eigenvalue weighted by Crippen LogP contribution is 2.28. The van der Waals surface area contributed by atoms with Crippen molar-refractivity contribution in [3.63, 3.8) is 0 Å². The van der Waals surface area contributed by atoms with E-state index in [1.165, 1.54) is 0 Å². The van der Waals surface area contributed by atoms with Gasteiger partial charge in [-0.1, -0.05) is 11.6 Å². The normalized spacial score (nSPS) is 14.7. The molecule has 23 heavy (non-hydrogen) atoms. The van der Waals surface area contributed by atoms with Gasteiger partial charge in [0.05, 0.1) is 25.3 Å². The van der Waals surface area contributed by atoms with Gasteiger partial charge in [-0.25, -0.2) is 4.98 Å². The third-order valence-corrected chi connectivity index (χ3v) is 3.88. The number of aryl methyl sites for hydroxylation is 1. The van der Waals surface area contributed by atoms with Gasteiger partial charge in [0, 0.05) is 30.5 Å². The molecule has 0 aliphatic carbocycles. The topological polar surface area (TPSA) is 59.5 Å². The zero-order valence-electron chi connectivity index (χ0n) is 13.2. The third kappa shape index (κ3) is 3.83. The summed E-state index contributed by atoms with van der Waals surface area (Å²) in [6, 6.07) is 7.46. The number of morpholine rings is 1. The summed E-state index contributed by atoms with van der Waals surface area (Å²) in [6.07, 6.45) is 0. The van der Waals surface area contributed by atoms with Crippen LogP contribution in [0.4, 0.5) is 17.5 Å². The van der Waals surface area contributed by atoms with Crippen LogP contribution in [0.25, 0.3) is 0 Å². The Hall–Kier alpha value is -2.05. The number of hydrogen-bond donors (Lipinski definition) is 1. The molecule has 0 atom stereocenters. The lowest BCUT2D eigenvalue weighted by atomic mass is 10.3. The van der Waals surface area contributed by atoms with Gasteiger partial charge in [-0.15, -0.1) is 0 Å². The van der Waals surface area contributed by atoms with Crippen molar-refractivity contribution < 1.29 is 9.47 Å². The number of nitrogens with zero attached hydrogens (tertiary/aromatic N) is 3. The Morgan fingerprint density at radius 2 is 2.00 bits per heavy atom. The van der Waals surface area contributed by atoms with Crippen molar-refractivity contribution in [2.45, 2.75) is 6.92 Å². The lowest BCUT2D eigenvalue weighted by molar-refractivity contribution is 0.122. The minimum absolute atomic E-state index is 0.540. The maximum Gasteiger partial charge on any atom is 0.229 e. The maximum absolute atomic E-state index is 6.15. The van der Waals surface area contributed by atoms with E-state index in [1.54, 1.807) is 13.2 Å². The number of aromatic nitrogens is 2. The van der Waals surface area contributed by atoms with E-state index < -0.39 is 0 Å². The smallest absolute Gasteiger partial charge is 0.229 e. The first-order valence-electron chi connectivity index (χ1n) is 7.44. The lowest BCUT2D eigenvalue weighted by Crippen LogP contribution is -2.36. The van der Waals surface area contributed by atoms with E-state index in [4.69, 9.17) is 21.1 Å². The Labute approximate surface area is 140 Å². The van der Waals surface area contributed by atoms with Crippen molar-refractivity contribution in [3.8, 4) is 5.75 Å². The van der Waals surface area contributed by atoms with Crippen LogP contribution < -0.4 is 15.0 Å². The standard InChI is InChI=1S/C16H19ClN4O2/c1-11-9-15(21-5-7-23-8-6-21)20-16(18-11)19-12-3-4-14(22-2)13(17)10-12/h3-4,9-10H,5-8H2,1-2H3,(H,18,19,20). The second kappa shape index (κ2) is 7.02. The van der Waals surface area contributed by atoms with Crippen molar-refractivity contribution in [1.82, 2.24) is 9.97 Å². The molecule has 0 bridgehead atoms. The zero-order chi connectivity index (χ0) is 16.2. The average Bonchev–Trinajstić information content (AvgIpc) is 2.55. The second-order valence-electron chi connectivity index (χ2n) is 5.26. The van der Waals surface area contributed by atoms with E-state index in [-0.39, 0.29) is 0 Å². The molecule has 122 valence electrons. The quantitative estimate of drug-likeness (QED) is 0.927. The van der Waals surface area contributed by atoms with Crippen LogP contribution >= 0.6 is 11.6 Å². The van der Waals surface area contributed by atoms with Gasteiger partial charge in [0.15, 0.2) is 0 Å². The summed E-state index contributed by atoms with van der Waals surface area (Å²) in [5, 5.41) is 3.74. The fourth-order valence-electron chi connectivity index (χ4n) is 2.44. The van der Waals surface area contributed by atoms with Gasteiger partial charge in [-0.2, -0.15) is 4.98 Å². The number of ether oxygens (including phenoxy) is 2. The summed E-state index contributed by atoms with van der Waals surface area (Å²) in [7, 11) is 1.59. The molecular formula is C16H19ClN4O2. The van der Waals surface area contributed by atoms with Gasteiger partial charge in [-0.3, -0.25) is 0 Å². The number of rotatable bonds is 4. The van der Waals surface area contributed by atoms with Crippen molar-refractivity contribution in [3.05, 3.63) is 35.0 Å². The first kappa shape index (κ1) is 15.8. The second-order valence-corrected chi connectivity index (χ2v) is 5.67. The van der Waals surface area contributed by atoms with E-state index in [0.717, 1.165) is 43.5 Å². The van der Waals surface area contributed by atoms with E-state index in [2.05, 4.69) is 20.2 Å². The molecule has 1 fully saturated rings. The third-order valence-electron chi connectivity index (χ3n) is 3.58. The predicted molar refractivity (Wildman–Crippen MR) is 91.1 cm³/mol. The van der Waals surface area contributed by atoms with Crippen molar-refractivity contribution in [2.24, 2.45) is 0 Å². The van der Waals surface area contributed by atoms with Gasteiger partial charge in [0.2, 0.25) is 5.95 Å². The van der Waals surface area contributed by atoms with Crippen LogP contribution in [-0.4, -0.2) is 43.4 Å². The van der Waals surface area contributed by atoms with Crippen molar-refractivity contribution in [2.75, 3.05) is 43.6 Å². The number of anilines is 3. The number of methoxy groups -OCH3 is 1. The Morgan fingerprint density at radius 1 is 1.22 bits per heavy atom. The van der Waals surface area contributed by atoms with E-state index in [1.807, 2.05) is 25.1 Å². The summed E-state index contributed by atoms with van der Waals surface area (Å²) >= 11 is 6.15. The summed E-state index contributed by atoms with van der Waals surface area (Å²) in [5.41, 5.74) is 1.72. The highest BCUT2D eigenvalue weighted by atomic mass is 35.5. The molecule has 2 heterocycles. The monoisotopic (exact) mass is 334 g/mol. The Morgan fingerprint density at radius 3 is 2.70 bits per heavy atom. The van der Waals surface area contributed by atoms with Crippen molar-refractivity contribution >= 4 is 29.1 Å². The van der Waals surface area contributed by atoms with Crippen LogP contribution in [0.2, 0.25) is 5.02 Å². The molecule has 0 unspecified atom stereocenters. The molecule has 1 N–H and O–H groups in total. The minimum atomic E-state index is 0.540. The van der Waals surface area contributed by atoms with Gasteiger partial charge >= 0.3 is 0 Å². The number of benzene rings is 1. The van der Waals surface area contributed by atoms with Crippen molar-refractivity contribution in [1.29, 1.82) is 0 Å². The predicted octanol–water partition coefficient (Wildman–Crippen LogP) is 3.03. The average molecular weight is 335 g/mol. The largest absolute Gasteiger partial charge is 0.495 e. The molecule has 1 aliphatic rings. The molecule has 0 amide bonds. The molecule has 1 aromatic carbocycles. The first-order valence-corrected chi connectivity index (χ1v) is 7.82. The zero-order valence-corrected chi connectivity index (χ0v) is 13.9. The molecule has 1 aliphatic heterocycles. The Balaban J connectivity index is 1.82. The van der Waals surface area contributed by atoms with Crippen LogP contribution in [0.5, 0.6) is 5.75 Å². The van der Waals surface area contributed by atoms with Gasteiger partial charge in [-0.05, 0) is 25.1 Å². The number of hydrogen-bond acceptors (Lipinski definition) is 6. The molecule has 1 saturated heterocycles. The van der Waals surface area contributed by atoms with Gasteiger partial charge in [0.25, 0.3) is 0 Å². The van der Waals surface area contributed by atoms with E-state index >= 15 is 0 Å². The number of halogens is 1. The molecule has 3 rings (SSSR count). The van der Waals surface area contributed by atoms with Crippen LogP contribution in [-0.2, 0) is 4.74 Å². The Kier molecular flexibility index (Phi) is 4.83. The minimum Gasteiger partial charge on any atom is -0.495 e. The molecular weight excluding hydrogens is 316 g/mol. The Bertz CT molecular complexity index is 690. The van der Waals surface area contributed by atoms with Crippen LogP contribution in [0.1, 0.15) is 5.69 Å². The highest BCUT2D eigenvalue weighted by molar-refractivity contribution is 6.32. The van der Waals surface area contributed by atoms with Crippen LogP contribution in [0.15, 0.2) is 24.3 Å². The van der Waals surface area contributed by atoms with Crippen LogP contribution in [0.3, 0.4) is 0 Å². The summed E-state index contributed by atoms with van der Waals surface area (Å²) in [4.78, 5) is 11.2. The fraction of sp³-hybridized carbons (Fsp3) is 0.375. The summed E-state index contributed by atoms with van der Waals surface area (Å²) in [6.45, 7) is 5.08. The molecule has 1 aromatic heterocycles. The molecule has 6 nitrogen and oxygen atoms in total. The van der Waals surface area contributed by atoms with E-state index in [9.17, 15) is 0 Å². The first-order chi connectivity index (χ1) is 11.2. The summed E-state index contributed by atoms with van der Waals surface area (Å²) < 4.78 is 10.5. The molecule has 7 heteroatoms. The summed E-state index contributed by atoms with van der Waals surface area (Å²) in [5.74, 6) is 2.09. The lowest BCUT2D eigenvalue weighted by Gasteiger charge is -2.28. The molecule has 0 spiro atoms. The highest BCUT2D eigenvalue weighted by Gasteiger charge is 2.14. The molecule has 0 radical (unpaired) electrons. The number of nitrogens with one attached hydrogen (secondary N) is 1. The maximum atomic E-state index is 6.15. The fourth-order valence-corrected chi connectivity index (χ4v) is 2.69. The SMILES string of the molecule is COc1ccc(Nc2nc(C)cc(N3CCOCC3)n2)cc1Cl. The van der Waals surface area contributed by atoms with Crippen LogP contribution in [0, 0.1) is 6.92 Å².